The van der Waals surface area contributed by atoms with Gasteiger partial charge in [-0.05, 0) is 48.7 Å². The van der Waals surface area contributed by atoms with Gasteiger partial charge in [-0.3, -0.25) is 14.5 Å². The summed E-state index contributed by atoms with van der Waals surface area (Å²) < 4.78 is 17.5. The lowest BCUT2D eigenvalue weighted by Crippen LogP contribution is -2.29. The van der Waals surface area contributed by atoms with Crippen LogP contribution in [-0.4, -0.2) is 43.1 Å². The van der Waals surface area contributed by atoms with Crippen molar-refractivity contribution < 1.29 is 28.9 Å². The van der Waals surface area contributed by atoms with Crippen molar-refractivity contribution in [2.45, 2.75) is 19.9 Å². The maximum Gasteiger partial charge on any atom is 0.301 e. The summed E-state index contributed by atoms with van der Waals surface area (Å²) in [5, 5.41) is 11.7. The van der Waals surface area contributed by atoms with Crippen LogP contribution < -0.4 is 19.1 Å². The average molecular weight is 531 g/mol. The molecule has 1 fully saturated rings. The lowest BCUT2D eigenvalue weighted by molar-refractivity contribution is -0.132. The van der Waals surface area contributed by atoms with Crippen molar-refractivity contribution in [3.05, 3.63) is 82.4 Å². The van der Waals surface area contributed by atoms with Gasteiger partial charge < -0.3 is 19.3 Å². The van der Waals surface area contributed by atoms with Crippen molar-refractivity contribution in [1.29, 1.82) is 0 Å². The average Bonchev–Trinajstić information content (AvgIpc) is 3.46. The van der Waals surface area contributed by atoms with Gasteiger partial charge in [0.15, 0.2) is 16.6 Å². The molecule has 1 N–H and O–H groups in total. The van der Waals surface area contributed by atoms with E-state index in [0.29, 0.717) is 33.5 Å². The second-order valence-electron chi connectivity index (χ2n) is 8.92. The predicted octanol–water partition coefficient (Wildman–Crippen LogP) is 5.57. The minimum absolute atomic E-state index is 0.0531. The summed E-state index contributed by atoms with van der Waals surface area (Å²) in [6, 6.07) is 15.0. The highest BCUT2D eigenvalue weighted by Crippen LogP contribution is 2.48. The van der Waals surface area contributed by atoms with Crippen LogP contribution in [0.25, 0.3) is 16.0 Å². The van der Waals surface area contributed by atoms with E-state index in [9.17, 15) is 14.7 Å². The Labute approximate surface area is 223 Å². The van der Waals surface area contributed by atoms with Gasteiger partial charge in [-0.25, -0.2) is 4.98 Å². The number of aliphatic hydroxyl groups is 1. The smallest absolute Gasteiger partial charge is 0.301 e. The van der Waals surface area contributed by atoms with Gasteiger partial charge in [-0.15, -0.1) is 0 Å². The molecule has 194 valence electrons. The van der Waals surface area contributed by atoms with Gasteiger partial charge in [0.2, 0.25) is 5.75 Å². The quantitative estimate of drug-likeness (QED) is 0.198. The maximum absolute atomic E-state index is 13.6. The third kappa shape index (κ3) is 4.05. The van der Waals surface area contributed by atoms with Gasteiger partial charge in [0.25, 0.3) is 5.78 Å². The van der Waals surface area contributed by atoms with Gasteiger partial charge in [-0.2, -0.15) is 0 Å². The van der Waals surface area contributed by atoms with Crippen LogP contribution in [0.4, 0.5) is 5.13 Å². The molecule has 1 aliphatic heterocycles. The van der Waals surface area contributed by atoms with E-state index in [0.717, 1.165) is 21.3 Å². The van der Waals surface area contributed by atoms with E-state index >= 15 is 0 Å². The third-order valence-corrected chi connectivity index (χ3v) is 7.52. The Morgan fingerprint density at radius 3 is 2.21 bits per heavy atom. The second-order valence-corrected chi connectivity index (χ2v) is 9.93. The molecule has 1 atom stereocenters. The first kappa shape index (κ1) is 25.3. The minimum Gasteiger partial charge on any atom is -0.507 e. The Hall–Kier alpha value is -4.37. The molecule has 1 aliphatic rings. The molecule has 0 aliphatic carbocycles. The van der Waals surface area contributed by atoms with Gasteiger partial charge in [0.1, 0.15) is 5.76 Å². The fourth-order valence-corrected chi connectivity index (χ4v) is 5.99. The summed E-state index contributed by atoms with van der Waals surface area (Å²) >= 11 is 1.31. The molecule has 2 heterocycles. The van der Waals surface area contributed by atoms with Crippen LogP contribution in [0, 0.1) is 13.8 Å². The zero-order valence-corrected chi connectivity index (χ0v) is 22.4. The lowest BCUT2D eigenvalue weighted by Gasteiger charge is -2.24. The number of methoxy groups -OCH3 is 3. The standard InChI is InChI=1S/C29H26N2O6S/c1-15-11-16(2)23-21(12-15)38-29(30-23)31-24(18-13-19(35-3)27(37-5)20(14-18)36-4)22(26(33)28(31)34)25(32)17-9-7-6-8-10-17/h6-14,24,32H,1-5H3/t24-/m0/s1. The zero-order chi connectivity index (χ0) is 27.1. The number of aryl methyl sites for hydroxylation is 2. The molecule has 0 spiro atoms. The molecule has 9 heteroatoms. The number of Topliss-reactive ketones (excluding diaryl/α,β-unsaturated/α-hetero) is 1. The lowest BCUT2D eigenvalue weighted by atomic mass is 9.95. The number of ether oxygens (including phenoxy) is 3. The number of amides is 1. The van der Waals surface area contributed by atoms with Crippen molar-refractivity contribution in [3.63, 3.8) is 0 Å². The number of carbonyl (C=O) groups excluding carboxylic acids is 2. The summed E-state index contributed by atoms with van der Waals surface area (Å²) in [4.78, 5) is 33.2. The van der Waals surface area contributed by atoms with Crippen molar-refractivity contribution in [2.75, 3.05) is 26.2 Å². The van der Waals surface area contributed by atoms with Crippen LogP contribution in [0.3, 0.4) is 0 Å². The molecule has 1 saturated heterocycles. The Morgan fingerprint density at radius 2 is 1.61 bits per heavy atom. The highest BCUT2D eigenvalue weighted by molar-refractivity contribution is 7.22. The number of hydrogen-bond donors (Lipinski definition) is 1. The Kier molecular flexibility index (Phi) is 6.54. The van der Waals surface area contributed by atoms with E-state index in [1.54, 1.807) is 42.5 Å². The molecule has 1 amide bonds. The Bertz CT molecular complexity index is 1580. The van der Waals surface area contributed by atoms with E-state index in [4.69, 9.17) is 19.2 Å². The van der Waals surface area contributed by atoms with Crippen LogP contribution in [0.1, 0.15) is 28.3 Å². The van der Waals surface area contributed by atoms with Gasteiger partial charge in [-0.1, -0.05) is 47.7 Å². The van der Waals surface area contributed by atoms with E-state index < -0.39 is 17.7 Å². The fraction of sp³-hybridized carbons (Fsp3) is 0.207. The molecular formula is C29H26N2O6S. The van der Waals surface area contributed by atoms with E-state index in [-0.39, 0.29) is 11.3 Å². The number of ketones is 1. The highest BCUT2D eigenvalue weighted by atomic mass is 32.1. The summed E-state index contributed by atoms with van der Waals surface area (Å²) in [7, 11) is 4.47. The topological polar surface area (TPSA) is 98.2 Å². The number of aromatic nitrogens is 1. The van der Waals surface area contributed by atoms with Crippen molar-refractivity contribution in [1.82, 2.24) is 4.98 Å². The number of thiazole rings is 1. The maximum atomic E-state index is 13.6. The number of fused-ring (bicyclic) bond motifs is 1. The normalized spacial score (nSPS) is 16.8. The molecule has 0 bridgehead atoms. The first-order chi connectivity index (χ1) is 18.3. The number of rotatable bonds is 6. The minimum atomic E-state index is -0.995. The number of anilines is 1. The van der Waals surface area contributed by atoms with Crippen LogP contribution >= 0.6 is 11.3 Å². The molecule has 3 aromatic carbocycles. The largest absolute Gasteiger partial charge is 0.507 e. The van der Waals surface area contributed by atoms with Gasteiger partial charge in [0, 0.05) is 5.56 Å². The molecule has 5 rings (SSSR count). The summed E-state index contributed by atoms with van der Waals surface area (Å²) in [5.41, 5.74) is 3.64. The number of aliphatic hydroxyl groups excluding tert-OH is 1. The van der Waals surface area contributed by atoms with Gasteiger partial charge >= 0.3 is 5.91 Å². The first-order valence-electron chi connectivity index (χ1n) is 11.8. The van der Waals surface area contributed by atoms with Crippen molar-refractivity contribution >= 4 is 44.1 Å². The summed E-state index contributed by atoms with van der Waals surface area (Å²) in [5.74, 6) is -0.805. The fourth-order valence-electron chi connectivity index (χ4n) is 4.82. The van der Waals surface area contributed by atoms with Crippen molar-refractivity contribution in [3.8, 4) is 17.2 Å². The third-order valence-electron chi connectivity index (χ3n) is 6.52. The van der Waals surface area contributed by atoms with Crippen LogP contribution in [-0.2, 0) is 9.59 Å². The monoisotopic (exact) mass is 530 g/mol. The Balaban J connectivity index is 1.80. The van der Waals surface area contributed by atoms with Crippen LogP contribution in [0.2, 0.25) is 0 Å². The van der Waals surface area contributed by atoms with Gasteiger partial charge in [0.05, 0.1) is 43.2 Å². The number of hydrogen-bond acceptors (Lipinski definition) is 8. The second kappa shape index (κ2) is 9.83. The zero-order valence-electron chi connectivity index (χ0n) is 21.6. The molecule has 0 unspecified atom stereocenters. The van der Waals surface area contributed by atoms with E-state index in [2.05, 4.69) is 0 Å². The summed E-state index contributed by atoms with van der Waals surface area (Å²) in [6.45, 7) is 3.95. The predicted molar refractivity (Wildman–Crippen MR) is 146 cm³/mol. The number of benzene rings is 3. The van der Waals surface area contributed by atoms with Crippen molar-refractivity contribution in [2.24, 2.45) is 0 Å². The Morgan fingerprint density at radius 1 is 0.947 bits per heavy atom. The molecule has 1 aromatic heterocycles. The van der Waals surface area contributed by atoms with E-state index in [1.165, 1.54) is 37.6 Å². The molecule has 0 saturated carbocycles. The molecular weight excluding hydrogens is 504 g/mol. The molecule has 0 radical (unpaired) electrons. The van der Waals surface area contributed by atoms with Crippen LogP contribution in [0.15, 0.2) is 60.2 Å². The molecule has 4 aromatic rings. The van der Waals surface area contributed by atoms with E-state index in [1.807, 2.05) is 26.0 Å². The number of nitrogens with zero attached hydrogens (tertiary/aromatic N) is 2. The highest BCUT2D eigenvalue weighted by Gasteiger charge is 2.48. The van der Waals surface area contributed by atoms with Crippen LogP contribution in [0.5, 0.6) is 17.2 Å². The molecule has 8 nitrogen and oxygen atoms in total. The SMILES string of the molecule is COc1cc([C@H]2C(=C(O)c3ccccc3)C(=O)C(=O)N2c2nc3c(C)cc(C)cc3s2)cc(OC)c1OC. The first-order valence-corrected chi connectivity index (χ1v) is 12.6. The molecule has 38 heavy (non-hydrogen) atoms. The summed E-state index contributed by atoms with van der Waals surface area (Å²) in [6.07, 6.45) is 0. The number of carbonyl (C=O) groups is 2.